The van der Waals surface area contributed by atoms with Crippen LogP contribution in [-0.4, -0.2) is 36.1 Å². The van der Waals surface area contributed by atoms with Crippen LogP contribution < -0.4 is 5.32 Å². The molecular weight excluding hydrogens is 278 g/mol. The van der Waals surface area contributed by atoms with Gasteiger partial charge in [0.1, 0.15) is 5.82 Å². The molecule has 0 aliphatic rings. The minimum atomic E-state index is -0.521. The highest BCUT2D eigenvalue weighted by Crippen LogP contribution is 2.17. The Morgan fingerprint density at radius 2 is 2.05 bits per heavy atom. The van der Waals surface area contributed by atoms with Crippen molar-refractivity contribution in [2.24, 2.45) is 5.41 Å². The molecule has 0 unspecified atom stereocenters. The molecule has 2 N–H and O–H groups in total. The van der Waals surface area contributed by atoms with Crippen molar-refractivity contribution >= 4 is 5.91 Å². The Morgan fingerprint density at radius 1 is 1.32 bits per heavy atom. The van der Waals surface area contributed by atoms with Crippen molar-refractivity contribution in [2.75, 3.05) is 20.3 Å². The zero-order valence-corrected chi connectivity index (χ0v) is 13.3. The van der Waals surface area contributed by atoms with Crippen molar-refractivity contribution < 1.29 is 9.53 Å². The van der Waals surface area contributed by atoms with E-state index in [9.17, 15) is 4.79 Å². The van der Waals surface area contributed by atoms with Crippen LogP contribution in [0.3, 0.4) is 0 Å². The molecule has 118 valence electrons. The molecule has 0 spiro atoms. The van der Waals surface area contributed by atoms with E-state index in [2.05, 4.69) is 15.3 Å². The van der Waals surface area contributed by atoms with Crippen LogP contribution in [0.25, 0.3) is 11.3 Å². The van der Waals surface area contributed by atoms with Gasteiger partial charge in [-0.25, -0.2) is 4.98 Å². The third-order valence-electron chi connectivity index (χ3n) is 3.48. The van der Waals surface area contributed by atoms with Gasteiger partial charge >= 0.3 is 0 Å². The van der Waals surface area contributed by atoms with E-state index in [1.165, 1.54) is 0 Å². The first kappa shape index (κ1) is 16.2. The lowest BCUT2D eigenvalue weighted by atomic mass is 9.93. The normalized spacial score (nSPS) is 11.4. The van der Waals surface area contributed by atoms with Crippen molar-refractivity contribution in [2.45, 2.75) is 20.3 Å². The van der Waals surface area contributed by atoms with Gasteiger partial charge in [0, 0.05) is 20.1 Å². The Hall–Kier alpha value is -2.14. The highest BCUT2D eigenvalue weighted by molar-refractivity contribution is 5.81. The molecule has 0 atom stereocenters. The fraction of sp³-hybridized carbons (Fsp3) is 0.412. The molecule has 0 fully saturated rings. The zero-order valence-electron chi connectivity index (χ0n) is 13.3. The predicted octanol–water partition coefficient (Wildman–Crippen LogP) is 2.41. The van der Waals surface area contributed by atoms with Crippen LogP contribution in [0.1, 0.15) is 19.7 Å². The van der Waals surface area contributed by atoms with Crippen molar-refractivity contribution in [3.63, 3.8) is 0 Å². The van der Waals surface area contributed by atoms with Gasteiger partial charge in [-0.2, -0.15) is 0 Å². The molecule has 5 nitrogen and oxygen atoms in total. The Bertz CT molecular complexity index is 605. The Labute approximate surface area is 131 Å². The molecule has 0 radical (unpaired) electrons. The van der Waals surface area contributed by atoms with Crippen LogP contribution in [0.2, 0.25) is 0 Å². The number of rotatable bonds is 7. The van der Waals surface area contributed by atoms with E-state index < -0.39 is 5.41 Å². The molecule has 0 aliphatic carbocycles. The number of hydrogen-bond donors (Lipinski definition) is 2. The Balaban J connectivity index is 1.86. The monoisotopic (exact) mass is 301 g/mol. The number of benzene rings is 1. The number of carbonyl (C=O) groups is 1. The van der Waals surface area contributed by atoms with E-state index in [-0.39, 0.29) is 5.91 Å². The summed E-state index contributed by atoms with van der Waals surface area (Å²) in [6.07, 6.45) is 2.49. The number of imidazole rings is 1. The first-order valence-electron chi connectivity index (χ1n) is 7.39. The van der Waals surface area contributed by atoms with Gasteiger partial charge in [-0.1, -0.05) is 30.3 Å². The van der Waals surface area contributed by atoms with Crippen molar-refractivity contribution in [1.82, 2.24) is 15.3 Å². The lowest BCUT2D eigenvalue weighted by molar-refractivity contribution is -0.131. The molecule has 0 saturated carbocycles. The third kappa shape index (κ3) is 4.18. The standard InChI is InChI=1S/C17H23N3O2/c1-17(2,12-22-3)16(21)18-10-9-15-19-11-14(20-15)13-7-5-4-6-8-13/h4-8,11H,9-10,12H2,1-3H3,(H,18,21)(H,19,20). The number of ether oxygens (including phenoxy) is 1. The number of methoxy groups -OCH3 is 1. The molecule has 0 bridgehead atoms. The number of aromatic nitrogens is 2. The molecule has 1 aromatic carbocycles. The molecule has 1 aromatic heterocycles. The molecule has 0 saturated heterocycles. The lowest BCUT2D eigenvalue weighted by Gasteiger charge is -2.22. The molecular formula is C17H23N3O2. The predicted molar refractivity (Wildman–Crippen MR) is 86.4 cm³/mol. The van der Waals surface area contributed by atoms with E-state index in [0.29, 0.717) is 19.6 Å². The smallest absolute Gasteiger partial charge is 0.228 e. The van der Waals surface area contributed by atoms with E-state index in [1.54, 1.807) is 7.11 Å². The fourth-order valence-electron chi connectivity index (χ4n) is 2.21. The number of nitrogens with zero attached hydrogens (tertiary/aromatic N) is 1. The van der Waals surface area contributed by atoms with E-state index in [0.717, 1.165) is 17.1 Å². The maximum atomic E-state index is 12.0. The Morgan fingerprint density at radius 3 is 2.73 bits per heavy atom. The number of amides is 1. The Kier molecular flexibility index (Phi) is 5.33. The topological polar surface area (TPSA) is 67.0 Å². The number of carbonyl (C=O) groups excluding carboxylic acids is 1. The third-order valence-corrected chi connectivity index (χ3v) is 3.48. The van der Waals surface area contributed by atoms with Crippen molar-refractivity contribution in [3.8, 4) is 11.3 Å². The van der Waals surface area contributed by atoms with Crippen molar-refractivity contribution in [1.29, 1.82) is 0 Å². The summed E-state index contributed by atoms with van der Waals surface area (Å²) in [5.74, 6) is 0.855. The van der Waals surface area contributed by atoms with Gasteiger partial charge in [0.15, 0.2) is 0 Å². The zero-order chi connectivity index (χ0) is 16.0. The van der Waals surface area contributed by atoms with Crippen molar-refractivity contribution in [3.05, 3.63) is 42.4 Å². The molecule has 0 aliphatic heterocycles. The summed E-state index contributed by atoms with van der Waals surface area (Å²) in [6, 6.07) is 10.0. The average Bonchev–Trinajstić information content (AvgIpc) is 2.97. The quantitative estimate of drug-likeness (QED) is 0.825. The van der Waals surface area contributed by atoms with Gasteiger partial charge < -0.3 is 15.0 Å². The second kappa shape index (κ2) is 7.22. The maximum Gasteiger partial charge on any atom is 0.228 e. The summed E-state index contributed by atoms with van der Waals surface area (Å²) in [6.45, 7) is 4.68. The minimum absolute atomic E-state index is 0.0100. The number of nitrogens with one attached hydrogen (secondary N) is 2. The molecule has 5 heteroatoms. The summed E-state index contributed by atoms with van der Waals surface area (Å²) in [5, 5.41) is 2.93. The summed E-state index contributed by atoms with van der Waals surface area (Å²) in [7, 11) is 1.60. The summed E-state index contributed by atoms with van der Waals surface area (Å²) in [4.78, 5) is 19.7. The molecule has 22 heavy (non-hydrogen) atoms. The van der Waals surface area contributed by atoms with Crippen LogP contribution in [0.5, 0.6) is 0 Å². The maximum absolute atomic E-state index is 12.0. The fourth-order valence-corrected chi connectivity index (χ4v) is 2.21. The van der Waals surface area contributed by atoms with Crippen LogP contribution in [0, 0.1) is 5.41 Å². The minimum Gasteiger partial charge on any atom is -0.384 e. The molecule has 2 rings (SSSR count). The second-order valence-electron chi connectivity index (χ2n) is 5.93. The number of aromatic amines is 1. The van der Waals surface area contributed by atoms with Gasteiger partial charge in [-0.05, 0) is 19.4 Å². The van der Waals surface area contributed by atoms with Crippen LogP contribution in [0.4, 0.5) is 0 Å². The summed E-state index contributed by atoms with van der Waals surface area (Å²) >= 11 is 0. The van der Waals surface area contributed by atoms with Gasteiger partial charge in [-0.3, -0.25) is 4.79 Å². The van der Waals surface area contributed by atoms with Gasteiger partial charge in [0.05, 0.1) is 23.9 Å². The SMILES string of the molecule is COCC(C)(C)C(=O)NCCc1ncc(-c2ccccc2)[nH]1. The lowest BCUT2D eigenvalue weighted by Crippen LogP contribution is -2.40. The molecule has 2 aromatic rings. The average molecular weight is 301 g/mol. The largest absolute Gasteiger partial charge is 0.384 e. The highest BCUT2D eigenvalue weighted by atomic mass is 16.5. The summed E-state index contributed by atoms with van der Waals surface area (Å²) < 4.78 is 5.07. The first-order chi connectivity index (χ1) is 10.5. The highest BCUT2D eigenvalue weighted by Gasteiger charge is 2.27. The van der Waals surface area contributed by atoms with Crippen LogP contribution in [0.15, 0.2) is 36.5 Å². The van der Waals surface area contributed by atoms with Crippen LogP contribution in [-0.2, 0) is 16.0 Å². The molecule has 1 amide bonds. The van der Waals surface area contributed by atoms with Crippen LogP contribution >= 0.6 is 0 Å². The van der Waals surface area contributed by atoms with Gasteiger partial charge in [-0.15, -0.1) is 0 Å². The van der Waals surface area contributed by atoms with E-state index in [1.807, 2.05) is 50.4 Å². The van der Waals surface area contributed by atoms with Gasteiger partial charge in [0.2, 0.25) is 5.91 Å². The number of hydrogen-bond acceptors (Lipinski definition) is 3. The van der Waals surface area contributed by atoms with Gasteiger partial charge in [0.25, 0.3) is 0 Å². The van der Waals surface area contributed by atoms with E-state index in [4.69, 9.17) is 4.74 Å². The van der Waals surface area contributed by atoms with E-state index >= 15 is 0 Å². The first-order valence-corrected chi connectivity index (χ1v) is 7.39. The second-order valence-corrected chi connectivity index (χ2v) is 5.93. The number of H-pyrrole nitrogens is 1. The molecule has 1 heterocycles. The summed E-state index contributed by atoms with van der Waals surface area (Å²) in [5.41, 5.74) is 1.57.